The number of benzene rings is 1. The van der Waals surface area contributed by atoms with Crippen molar-refractivity contribution in [3.05, 3.63) is 34.6 Å². The van der Waals surface area contributed by atoms with Gasteiger partial charge in [0.15, 0.2) is 0 Å². The van der Waals surface area contributed by atoms with Crippen molar-refractivity contribution in [1.29, 1.82) is 0 Å². The Morgan fingerprint density at radius 3 is 2.33 bits per heavy atom. The number of halogens is 1. The molecular formula is C13H19FO. The van der Waals surface area contributed by atoms with Crippen molar-refractivity contribution in [3.8, 4) is 0 Å². The quantitative estimate of drug-likeness (QED) is 0.811. The minimum absolute atomic E-state index is 0.0607. The summed E-state index contributed by atoms with van der Waals surface area (Å²) in [5.74, 6) is -0.0914. The van der Waals surface area contributed by atoms with Gasteiger partial charge in [0.05, 0.1) is 6.10 Å². The van der Waals surface area contributed by atoms with Crippen LogP contribution in [0.4, 0.5) is 4.39 Å². The van der Waals surface area contributed by atoms with Gasteiger partial charge in [-0.25, -0.2) is 4.39 Å². The molecule has 0 amide bonds. The van der Waals surface area contributed by atoms with Gasteiger partial charge in [0.2, 0.25) is 0 Å². The van der Waals surface area contributed by atoms with Crippen molar-refractivity contribution in [3.63, 3.8) is 0 Å². The highest BCUT2D eigenvalue weighted by Crippen LogP contribution is 2.27. The molecule has 2 atom stereocenters. The average molecular weight is 210 g/mol. The lowest BCUT2D eigenvalue weighted by Crippen LogP contribution is -2.09. The molecule has 1 N–H and O–H groups in total. The molecule has 0 aliphatic carbocycles. The molecule has 0 fully saturated rings. The molecule has 2 unspecified atom stereocenters. The second kappa shape index (κ2) is 4.75. The van der Waals surface area contributed by atoms with Crippen molar-refractivity contribution in [1.82, 2.24) is 0 Å². The standard InChI is InChI=1S/C13H19FO/c1-8-5-9(2)13(12(14)6-8)10(3)7-11(4)15/h5-6,10-11,15H,7H2,1-4H3. The number of aryl methyl sites for hydroxylation is 2. The Morgan fingerprint density at radius 1 is 1.27 bits per heavy atom. The van der Waals surface area contributed by atoms with Crippen molar-refractivity contribution < 1.29 is 9.50 Å². The van der Waals surface area contributed by atoms with E-state index in [1.54, 1.807) is 13.0 Å². The van der Waals surface area contributed by atoms with Crippen LogP contribution in [0.2, 0.25) is 0 Å². The number of hydrogen-bond donors (Lipinski definition) is 1. The van der Waals surface area contributed by atoms with Crippen LogP contribution in [0.25, 0.3) is 0 Å². The highest BCUT2D eigenvalue weighted by atomic mass is 19.1. The van der Waals surface area contributed by atoms with Gasteiger partial charge in [-0.05, 0) is 55.9 Å². The molecule has 0 bridgehead atoms. The maximum Gasteiger partial charge on any atom is 0.127 e. The summed E-state index contributed by atoms with van der Waals surface area (Å²) < 4.78 is 13.7. The summed E-state index contributed by atoms with van der Waals surface area (Å²) in [6.07, 6.45) is 0.209. The second-order valence-corrected chi connectivity index (χ2v) is 4.46. The van der Waals surface area contributed by atoms with E-state index in [-0.39, 0.29) is 17.8 Å². The summed E-state index contributed by atoms with van der Waals surface area (Å²) in [5, 5.41) is 9.30. The Hall–Kier alpha value is -0.890. The molecule has 0 aromatic heterocycles. The molecule has 0 radical (unpaired) electrons. The first-order valence-corrected chi connectivity index (χ1v) is 5.36. The van der Waals surface area contributed by atoms with Crippen molar-refractivity contribution in [2.24, 2.45) is 0 Å². The molecule has 84 valence electrons. The number of rotatable bonds is 3. The van der Waals surface area contributed by atoms with Gasteiger partial charge in [-0.15, -0.1) is 0 Å². The number of aliphatic hydroxyl groups is 1. The van der Waals surface area contributed by atoms with E-state index in [1.165, 1.54) is 0 Å². The van der Waals surface area contributed by atoms with Crippen molar-refractivity contribution in [2.45, 2.75) is 46.1 Å². The van der Waals surface area contributed by atoms with Crippen LogP contribution in [0.15, 0.2) is 12.1 Å². The lowest BCUT2D eigenvalue weighted by Gasteiger charge is -2.17. The number of aliphatic hydroxyl groups excluding tert-OH is 1. The van der Waals surface area contributed by atoms with Gasteiger partial charge < -0.3 is 5.11 Å². The topological polar surface area (TPSA) is 20.2 Å². The lowest BCUT2D eigenvalue weighted by molar-refractivity contribution is 0.176. The normalized spacial score (nSPS) is 15.1. The summed E-state index contributed by atoms with van der Waals surface area (Å²) in [5.41, 5.74) is 2.65. The summed E-state index contributed by atoms with van der Waals surface area (Å²) in [4.78, 5) is 0. The Bertz CT molecular complexity index is 321. The summed E-state index contributed by atoms with van der Waals surface area (Å²) in [6, 6.07) is 3.54. The molecule has 1 aromatic carbocycles. The number of hydrogen-bond acceptors (Lipinski definition) is 1. The average Bonchev–Trinajstić information content (AvgIpc) is 1.99. The molecule has 1 nitrogen and oxygen atoms in total. The molecule has 0 spiro atoms. The van der Waals surface area contributed by atoms with Crippen molar-refractivity contribution in [2.75, 3.05) is 0 Å². The highest BCUT2D eigenvalue weighted by molar-refractivity contribution is 5.34. The Labute approximate surface area is 90.9 Å². The van der Waals surface area contributed by atoms with Crippen LogP contribution >= 0.6 is 0 Å². The zero-order chi connectivity index (χ0) is 11.6. The van der Waals surface area contributed by atoms with Crippen molar-refractivity contribution >= 4 is 0 Å². The van der Waals surface area contributed by atoms with Gasteiger partial charge in [-0.1, -0.05) is 13.0 Å². The van der Waals surface area contributed by atoms with Crippen LogP contribution in [0, 0.1) is 19.7 Å². The zero-order valence-corrected chi connectivity index (χ0v) is 9.84. The second-order valence-electron chi connectivity index (χ2n) is 4.46. The van der Waals surface area contributed by atoms with E-state index >= 15 is 0 Å². The minimum atomic E-state index is -0.389. The lowest BCUT2D eigenvalue weighted by atomic mass is 9.90. The summed E-state index contributed by atoms with van der Waals surface area (Å²) in [7, 11) is 0. The molecule has 1 rings (SSSR count). The molecule has 0 heterocycles. The molecular weight excluding hydrogens is 191 g/mol. The fourth-order valence-electron chi connectivity index (χ4n) is 2.18. The van der Waals surface area contributed by atoms with Crippen LogP contribution in [-0.4, -0.2) is 11.2 Å². The monoisotopic (exact) mass is 210 g/mol. The molecule has 0 saturated heterocycles. The third kappa shape index (κ3) is 3.03. The minimum Gasteiger partial charge on any atom is -0.393 e. The van der Waals surface area contributed by atoms with Crippen LogP contribution in [0.3, 0.4) is 0 Å². The highest BCUT2D eigenvalue weighted by Gasteiger charge is 2.15. The van der Waals surface area contributed by atoms with E-state index in [4.69, 9.17) is 0 Å². The SMILES string of the molecule is Cc1cc(C)c(C(C)CC(C)O)c(F)c1. The molecule has 2 heteroatoms. The summed E-state index contributed by atoms with van der Waals surface area (Å²) in [6.45, 7) is 7.49. The van der Waals surface area contributed by atoms with Gasteiger partial charge in [-0.3, -0.25) is 0 Å². The maximum atomic E-state index is 13.7. The van der Waals surface area contributed by atoms with E-state index in [0.29, 0.717) is 6.42 Å². The maximum absolute atomic E-state index is 13.7. The Balaban J connectivity index is 3.03. The predicted molar refractivity (Wildman–Crippen MR) is 60.6 cm³/mol. The van der Waals surface area contributed by atoms with Gasteiger partial charge in [0.1, 0.15) is 5.82 Å². The molecule has 15 heavy (non-hydrogen) atoms. The first-order valence-electron chi connectivity index (χ1n) is 5.36. The van der Waals surface area contributed by atoms with E-state index in [1.807, 2.05) is 26.8 Å². The third-order valence-electron chi connectivity index (χ3n) is 2.67. The van der Waals surface area contributed by atoms with E-state index in [2.05, 4.69) is 0 Å². The van der Waals surface area contributed by atoms with Crippen LogP contribution < -0.4 is 0 Å². The largest absolute Gasteiger partial charge is 0.393 e. The molecule has 1 aromatic rings. The van der Waals surface area contributed by atoms with Gasteiger partial charge in [-0.2, -0.15) is 0 Å². The molecule has 0 saturated carbocycles. The van der Waals surface area contributed by atoms with Gasteiger partial charge in [0.25, 0.3) is 0 Å². The van der Waals surface area contributed by atoms with Crippen LogP contribution in [-0.2, 0) is 0 Å². The fraction of sp³-hybridized carbons (Fsp3) is 0.538. The van der Waals surface area contributed by atoms with Gasteiger partial charge >= 0.3 is 0 Å². The van der Waals surface area contributed by atoms with Gasteiger partial charge in [0, 0.05) is 0 Å². The predicted octanol–water partition coefficient (Wildman–Crippen LogP) is 3.32. The van der Waals surface area contributed by atoms with E-state index in [9.17, 15) is 9.50 Å². The van der Waals surface area contributed by atoms with Crippen LogP contribution in [0.5, 0.6) is 0 Å². The Morgan fingerprint density at radius 2 is 1.87 bits per heavy atom. The van der Waals surface area contributed by atoms with E-state index in [0.717, 1.165) is 16.7 Å². The van der Waals surface area contributed by atoms with E-state index < -0.39 is 0 Å². The third-order valence-corrected chi connectivity index (χ3v) is 2.67. The summed E-state index contributed by atoms with van der Waals surface area (Å²) >= 11 is 0. The Kier molecular flexibility index (Phi) is 3.86. The molecule has 0 aliphatic rings. The fourth-order valence-corrected chi connectivity index (χ4v) is 2.18. The first kappa shape index (κ1) is 12.2. The molecule has 0 aliphatic heterocycles. The first-order chi connectivity index (χ1) is 6.91. The zero-order valence-electron chi connectivity index (χ0n) is 9.84. The smallest absolute Gasteiger partial charge is 0.127 e. The van der Waals surface area contributed by atoms with Crippen LogP contribution in [0.1, 0.15) is 42.9 Å².